The van der Waals surface area contributed by atoms with E-state index in [1.165, 1.54) is 18.5 Å². The molecule has 8 heteroatoms. The number of piperidine rings is 1. The highest BCUT2D eigenvalue weighted by Crippen LogP contribution is 2.35. The predicted octanol–water partition coefficient (Wildman–Crippen LogP) is 3.46. The zero-order chi connectivity index (χ0) is 21.4. The van der Waals surface area contributed by atoms with E-state index in [0.717, 1.165) is 80.0 Å². The van der Waals surface area contributed by atoms with Crippen LogP contribution in [0, 0.1) is 13.8 Å². The largest absolute Gasteiger partial charge is 0.356 e. The van der Waals surface area contributed by atoms with Crippen LogP contribution in [0.2, 0.25) is 0 Å². The molecule has 5 heterocycles. The van der Waals surface area contributed by atoms with E-state index in [4.69, 9.17) is 14.5 Å². The van der Waals surface area contributed by atoms with Crippen molar-refractivity contribution in [2.75, 3.05) is 31.1 Å². The van der Waals surface area contributed by atoms with Crippen LogP contribution in [0.3, 0.4) is 0 Å². The zero-order valence-corrected chi connectivity index (χ0v) is 18.7. The molecule has 2 fully saturated rings. The Kier molecular flexibility index (Phi) is 5.48. The minimum atomic E-state index is 0.397. The maximum absolute atomic E-state index is 5.60. The van der Waals surface area contributed by atoms with Gasteiger partial charge in [0.15, 0.2) is 5.76 Å². The van der Waals surface area contributed by atoms with Gasteiger partial charge in [-0.1, -0.05) is 5.16 Å². The average Bonchev–Trinajstić information content (AvgIpc) is 3.53. The maximum Gasteiger partial charge on any atom is 0.225 e. The zero-order valence-electron chi connectivity index (χ0n) is 18.7. The summed E-state index contributed by atoms with van der Waals surface area (Å²) in [4.78, 5) is 19.0. The van der Waals surface area contributed by atoms with E-state index < -0.39 is 0 Å². The number of imidazole rings is 1. The molecule has 164 valence electrons. The fraction of sp³-hybridized carbons (Fsp3) is 0.565. The van der Waals surface area contributed by atoms with Crippen molar-refractivity contribution < 1.29 is 4.52 Å². The molecule has 0 radical (unpaired) electrons. The first-order valence-corrected chi connectivity index (χ1v) is 11.3. The van der Waals surface area contributed by atoms with Gasteiger partial charge in [-0.2, -0.15) is 0 Å². The lowest BCUT2D eigenvalue weighted by Crippen LogP contribution is -2.33. The van der Waals surface area contributed by atoms with Crippen molar-refractivity contribution in [2.24, 2.45) is 7.05 Å². The molecule has 31 heavy (non-hydrogen) atoms. The van der Waals surface area contributed by atoms with Crippen molar-refractivity contribution in [3.63, 3.8) is 0 Å². The molecule has 5 rings (SSSR count). The van der Waals surface area contributed by atoms with Gasteiger partial charge in [-0.3, -0.25) is 4.90 Å². The Morgan fingerprint density at radius 2 is 1.81 bits per heavy atom. The SMILES string of the molecule is Cc1cc(-c2cnc(N3CCCC3)nc2C2CCN(Cc3cnc(C)n3C)CC2)on1. The third-order valence-corrected chi connectivity index (χ3v) is 6.76. The number of aryl methyl sites for hydroxylation is 2. The summed E-state index contributed by atoms with van der Waals surface area (Å²) < 4.78 is 7.78. The molecule has 0 atom stereocenters. The Morgan fingerprint density at radius 1 is 1.03 bits per heavy atom. The van der Waals surface area contributed by atoms with Gasteiger partial charge in [-0.05, 0) is 52.6 Å². The molecule has 0 saturated carbocycles. The van der Waals surface area contributed by atoms with E-state index in [0.29, 0.717) is 5.92 Å². The van der Waals surface area contributed by atoms with Crippen LogP contribution in [0.15, 0.2) is 23.0 Å². The van der Waals surface area contributed by atoms with Crippen LogP contribution < -0.4 is 4.90 Å². The van der Waals surface area contributed by atoms with Crippen molar-refractivity contribution in [2.45, 2.75) is 52.0 Å². The second-order valence-electron chi connectivity index (χ2n) is 8.90. The normalized spacial score (nSPS) is 18.2. The minimum absolute atomic E-state index is 0.397. The number of likely N-dealkylation sites (tertiary alicyclic amines) is 1. The quantitative estimate of drug-likeness (QED) is 0.624. The second-order valence-corrected chi connectivity index (χ2v) is 8.90. The topological polar surface area (TPSA) is 76.1 Å². The Hall–Kier alpha value is -2.74. The van der Waals surface area contributed by atoms with Gasteiger partial charge in [0.05, 0.1) is 22.6 Å². The molecular weight excluding hydrogens is 390 g/mol. The van der Waals surface area contributed by atoms with Crippen LogP contribution in [-0.4, -0.2) is 55.8 Å². The van der Waals surface area contributed by atoms with Gasteiger partial charge in [-0.15, -0.1) is 0 Å². The summed E-state index contributed by atoms with van der Waals surface area (Å²) in [6, 6.07) is 1.98. The van der Waals surface area contributed by atoms with Crippen LogP contribution in [-0.2, 0) is 13.6 Å². The summed E-state index contributed by atoms with van der Waals surface area (Å²) in [6.45, 7) is 9.13. The molecule has 0 unspecified atom stereocenters. The number of aromatic nitrogens is 5. The summed E-state index contributed by atoms with van der Waals surface area (Å²) in [5.74, 6) is 3.09. The number of hydrogen-bond donors (Lipinski definition) is 0. The molecule has 2 saturated heterocycles. The van der Waals surface area contributed by atoms with Crippen LogP contribution in [0.25, 0.3) is 11.3 Å². The Labute approximate surface area is 183 Å². The van der Waals surface area contributed by atoms with E-state index in [1.807, 2.05) is 25.4 Å². The van der Waals surface area contributed by atoms with Gasteiger partial charge in [0.1, 0.15) is 5.82 Å². The maximum atomic E-state index is 5.60. The van der Waals surface area contributed by atoms with Crippen molar-refractivity contribution >= 4 is 5.95 Å². The van der Waals surface area contributed by atoms with E-state index in [9.17, 15) is 0 Å². The smallest absolute Gasteiger partial charge is 0.225 e. The van der Waals surface area contributed by atoms with Crippen LogP contribution >= 0.6 is 0 Å². The standard InChI is InChI=1S/C23H31N7O/c1-16-12-21(31-27-16)20-14-25-23(30-8-4-5-9-30)26-22(20)18-6-10-29(11-7-18)15-19-13-24-17(2)28(19)3/h12-14,18H,4-11,15H2,1-3H3. The number of nitrogens with zero attached hydrogens (tertiary/aromatic N) is 7. The molecule has 2 aliphatic rings. The fourth-order valence-corrected chi connectivity index (χ4v) is 4.74. The van der Waals surface area contributed by atoms with Crippen LogP contribution in [0.1, 0.15) is 54.5 Å². The lowest BCUT2D eigenvalue weighted by molar-refractivity contribution is 0.199. The Morgan fingerprint density at radius 3 is 2.45 bits per heavy atom. The molecule has 0 bridgehead atoms. The molecule has 0 aromatic carbocycles. The average molecular weight is 422 g/mol. The van der Waals surface area contributed by atoms with Gasteiger partial charge in [0, 0.05) is 51.1 Å². The molecule has 8 nitrogen and oxygen atoms in total. The van der Waals surface area contributed by atoms with Crippen molar-refractivity contribution in [1.29, 1.82) is 0 Å². The van der Waals surface area contributed by atoms with Gasteiger partial charge < -0.3 is 14.0 Å². The lowest BCUT2D eigenvalue weighted by Gasteiger charge is -2.32. The number of rotatable bonds is 5. The molecule has 3 aromatic heterocycles. The summed E-state index contributed by atoms with van der Waals surface area (Å²) >= 11 is 0. The third kappa shape index (κ3) is 4.08. The Bertz CT molecular complexity index is 1040. The van der Waals surface area contributed by atoms with Crippen molar-refractivity contribution in [3.8, 4) is 11.3 Å². The van der Waals surface area contributed by atoms with E-state index >= 15 is 0 Å². The highest BCUT2D eigenvalue weighted by atomic mass is 16.5. The van der Waals surface area contributed by atoms with E-state index in [1.54, 1.807) is 0 Å². The van der Waals surface area contributed by atoms with Crippen LogP contribution in [0.5, 0.6) is 0 Å². The highest BCUT2D eigenvalue weighted by Gasteiger charge is 2.28. The predicted molar refractivity (Wildman–Crippen MR) is 119 cm³/mol. The molecule has 3 aromatic rings. The van der Waals surface area contributed by atoms with E-state index in [-0.39, 0.29) is 0 Å². The van der Waals surface area contributed by atoms with Crippen LogP contribution in [0.4, 0.5) is 5.95 Å². The fourth-order valence-electron chi connectivity index (χ4n) is 4.74. The van der Waals surface area contributed by atoms with Crippen molar-refractivity contribution in [1.82, 2.24) is 29.6 Å². The highest BCUT2D eigenvalue weighted by molar-refractivity contribution is 5.61. The molecule has 0 spiro atoms. The van der Waals surface area contributed by atoms with Gasteiger partial charge in [0.2, 0.25) is 5.95 Å². The number of anilines is 1. The monoisotopic (exact) mass is 421 g/mol. The molecule has 0 amide bonds. The molecule has 0 N–H and O–H groups in total. The summed E-state index contributed by atoms with van der Waals surface area (Å²) in [7, 11) is 2.09. The molecular formula is C23H31N7O. The summed E-state index contributed by atoms with van der Waals surface area (Å²) in [5.41, 5.74) is 4.26. The van der Waals surface area contributed by atoms with E-state index in [2.05, 4.69) is 38.5 Å². The van der Waals surface area contributed by atoms with Crippen molar-refractivity contribution in [3.05, 3.63) is 41.4 Å². The molecule has 0 aliphatic carbocycles. The van der Waals surface area contributed by atoms with Gasteiger partial charge in [-0.25, -0.2) is 15.0 Å². The summed E-state index contributed by atoms with van der Waals surface area (Å²) in [5, 5.41) is 4.09. The van der Waals surface area contributed by atoms with Gasteiger partial charge in [0.25, 0.3) is 0 Å². The van der Waals surface area contributed by atoms with Gasteiger partial charge >= 0.3 is 0 Å². The number of hydrogen-bond acceptors (Lipinski definition) is 7. The summed E-state index contributed by atoms with van der Waals surface area (Å²) in [6.07, 6.45) is 8.53. The second kappa shape index (κ2) is 8.42. The first kappa shape index (κ1) is 20.2. The first-order chi connectivity index (χ1) is 15.1. The lowest BCUT2D eigenvalue weighted by atomic mass is 9.90. The minimum Gasteiger partial charge on any atom is -0.356 e. The Balaban J connectivity index is 1.36. The molecule has 2 aliphatic heterocycles. The third-order valence-electron chi connectivity index (χ3n) is 6.76. The first-order valence-electron chi connectivity index (χ1n) is 11.3.